The van der Waals surface area contributed by atoms with Gasteiger partial charge in [-0.2, -0.15) is 0 Å². The molecule has 138 valence electrons. The summed E-state index contributed by atoms with van der Waals surface area (Å²) in [6.07, 6.45) is 9.73. The minimum Gasteiger partial charge on any atom is -0.444 e. The smallest absolute Gasteiger partial charge is 0.412 e. The van der Waals surface area contributed by atoms with E-state index in [0.29, 0.717) is 17.0 Å². The van der Waals surface area contributed by atoms with Crippen LogP contribution in [0.25, 0.3) is 22.6 Å². The van der Waals surface area contributed by atoms with Crippen molar-refractivity contribution in [2.24, 2.45) is 0 Å². The zero-order chi connectivity index (χ0) is 18.6. The molecule has 1 aliphatic carbocycles. The number of amides is 1. The molecule has 4 rings (SSSR count). The third kappa shape index (κ3) is 3.97. The summed E-state index contributed by atoms with van der Waals surface area (Å²) in [5, 5.41) is 2.84. The first kappa shape index (κ1) is 17.2. The van der Waals surface area contributed by atoms with E-state index in [9.17, 15) is 9.18 Å². The molecule has 0 aliphatic heterocycles. The van der Waals surface area contributed by atoms with E-state index in [1.54, 1.807) is 12.3 Å². The summed E-state index contributed by atoms with van der Waals surface area (Å²) in [5.41, 5.74) is 1.44. The van der Waals surface area contributed by atoms with Crippen LogP contribution in [-0.4, -0.2) is 22.1 Å². The zero-order valence-corrected chi connectivity index (χ0v) is 14.5. The second-order valence-electron chi connectivity index (χ2n) is 6.46. The predicted octanol–water partition coefficient (Wildman–Crippen LogP) is 4.57. The van der Waals surface area contributed by atoms with E-state index in [0.717, 1.165) is 25.7 Å². The number of carbonyl (C=O) groups is 1. The maximum atomic E-state index is 14.4. The third-order valence-corrected chi connectivity index (χ3v) is 4.55. The SMILES string of the molecule is O=C(NC1CCCC1)Oc1ccc(F)c(-c2cncc(-c3ncco3)c2)c1. The molecule has 0 radical (unpaired) electrons. The molecule has 2 aromatic heterocycles. The Balaban J connectivity index is 1.55. The zero-order valence-electron chi connectivity index (χ0n) is 14.5. The molecular weight excluding hydrogens is 349 g/mol. The number of hydrogen-bond donors (Lipinski definition) is 1. The number of benzene rings is 1. The van der Waals surface area contributed by atoms with Crippen LogP contribution in [-0.2, 0) is 0 Å². The Morgan fingerprint density at radius 1 is 1.19 bits per heavy atom. The first-order chi connectivity index (χ1) is 13.2. The average Bonchev–Trinajstić information content (AvgIpc) is 3.37. The number of aromatic nitrogens is 2. The van der Waals surface area contributed by atoms with E-state index in [4.69, 9.17) is 9.15 Å². The molecule has 6 nitrogen and oxygen atoms in total. The van der Waals surface area contributed by atoms with Crippen LogP contribution in [0.4, 0.5) is 9.18 Å². The van der Waals surface area contributed by atoms with Gasteiger partial charge < -0.3 is 14.5 Å². The molecule has 27 heavy (non-hydrogen) atoms. The van der Waals surface area contributed by atoms with Gasteiger partial charge in [0.2, 0.25) is 5.89 Å². The molecule has 0 saturated heterocycles. The maximum absolute atomic E-state index is 14.4. The fourth-order valence-corrected chi connectivity index (χ4v) is 3.23. The second-order valence-corrected chi connectivity index (χ2v) is 6.46. The first-order valence-electron chi connectivity index (χ1n) is 8.82. The minimum atomic E-state index is -0.522. The Bertz CT molecular complexity index is 937. The Labute approximate surface area is 155 Å². The third-order valence-electron chi connectivity index (χ3n) is 4.55. The Morgan fingerprint density at radius 2 is 2.00 bits per heavy atom. The number of halogens is 1. The highest BCUT2D eigenvalue weighted by molar-refractivity contribution is 5.73. The van der Waals surface area contributed by atoms with Gasteiger partial charge in [0.25, 0.3) is 0 Å². The fraction of sp³-hybridized carbons (Fsp3) is 0.250. The minimum absolute atomic E-state index is 0.152. The number of nitrogens with zero attached hydrogens (tertiary/aromatic N) is 2. The summed E-state index contributed by atoms with van der Waals surface area (Å²) in [4.78, 5) is 20.3. The van der Waals surface area contributed by atoms with Crippen molar-refractivity contribution >= 4 is 6.09 Å². The number of nitrogens with one attached hydrogen (secondary N) is 1. The molecule has 1 amide bonds. The average molecular weight is 367 g/mol. The predicted molar refractivity (Wildman–Crippen MR) is 96.5 cm³/mol. The number of hydrogen-bond acceptors (Lipinski definition) is 5. The van der Waals surface area contributed by atoms with Gasteiger partial charge in [-0.05, 0) is 37.1 Å². The van der Waals surface area contributed by atoms with Crippen LogP contribution in [0.2, 0.25) is 0 Å². The summed E-state index contributed by atoms with van der Waals surface area (Å²) in [6.45, 7) is 0. The van der Waals surface area contributed by atoms with Gasteiger partial charge in [0.1, 0.15) is 17.8 Å². The maximum Gasteiger partial charge on any atom is 0.412 e. The van der Waals surface area contributed by atoms with E-state index in [2.05, 4.69) is 15.3 Å². The molecular formula is C20H18FN3O3. The topological polar surface area (TPSA) is 77.2 Å². The standard InChI is InChI=1S/C20H18FN3O3/c21-18-6-5-16(27-20(25)24-15-3-1-2-4-15)10-17(18)13-9-14(12-22-11-13)19-23-7-8-26-19/h5-12,15H,1-4H2,(H,24,25). The second kappa shape index (κ2) is 7.57. The molecule has 0 unspecified atom stereocenters. The molecule has 2 heterocycles. The fourth-order valence-electron chi connectivity index (χ4n) is 3.23. The lowest BCUT2D eigenvalue weighted by Gasteiger charge is -2.13. The molecule has 0 spiro atoms. The number of rotatable bonds is 4. The van der Waals surface area contributed by atoms with Gasteiger partial charge in [-0.25, -0.2) is 14.2 Å². The van der Waals surface area contributed by atoms with Crippen molar-refractivity contribution < 1.29 is 18.3 Å². The van der Waals surface area contributed by atoms with Crippen LogP contribution in [0.1, 0.15) is 25.7 Å². The van der Waals surface area contributed by atoms with Crippen molar-refractivity contribution in [2.75, 3.05) is 0 Å². The monoisotopic (exact) mass is 367 g/mol. The lowest BCUT2D eigenvalue weighted by Crippen LogP contribution is -2.34. The van der Waals surface area contributed by atoms with E-state index in [1.165, 1.54) is 36.9 Å². The number of ether oxygens (including phenoxy) is 1. The highest BCUT2D eigenvalue weighted by Gasteiger charge is 2.18. The van der Waals surface area contributed by atoms with Crippen molar-refractivity contribution in [3.05, 3.63) is 54.9 Å². The molecule has 1 fully saturated rings. The van der Waals surface area contributed by atoms with E-state index < -0.39 is 11.9 Å². The Morgan fingerprint density at radius 3 is 2.78 bits per heavy atom. The van der Waals surface area contributed by atoms with Crippen LogP contribution in [0, 0.1) is 5.82 Å². The van der Waals surface area contributed by atoms with E-state index in [1.807, 2.05) is 0 Å². The quantitative estimate of drug-likeness (QED) is 0.731. The first-order valence-corrected chi connectivity index (χ1v) is 8.82. The van der Waals surface area contributed by atoms with Crippen molar-refractivity contribution in [2.45, 2.75) is 31.7 Å². The normalized spacial score (nSPS) is 14.3. The molecule has 0 bridgehead atoms. The molecule has 1 N–H and O–H groups in total. The largest absolute Gasteiger partial charge is 0.444 e. The summed E-state index contributed by atoms with van der Waals surface area (Å²) >= 11 is 0. The van der Waals surface area contributed by atoms with Gasteiger partial charge >= 0.3 is 6.09 Å². The lowest BCUT2D eigenvalue weighted by molar-refractivity contribution is 0.196. The highest BCUT2D eigenvalue weighted by atomic mass is 19.1. The van der Waals surface area contributed by atoms with Crippen LogP contribution < -0.4 is 10.1 Å². The summed E-state index contributed by atoms with van der Waals surface area (Å²) in [6, 6.07) is 6.06. The lowest BCUT2D eigenvalue weighted by atomic mass is 10.0. The van der Waals surface area contributed by atoms with Crippen LogP contribution >= 0.6 is 0 Å². The number of pyridine rings is 1. The molecule has 7 heteroatoms. The molecule has 3 aromatic rings. The number of carbonyl (C=O) groups excluding carboxylic acids is 1. The summed E-state index contributed by atoms with van der Waals surface area (Å²) < 4.78 is 25.0. The van der Waals surface area contributed by atoms with Crippen molar-refractivity contribution in [3.63, 3.8) is 0 Å². The van der Waals surface area contributed by atoms with Crippen LogP contribution in [0.5, 0.6) is 5.75 Å². The van der Waals surface area contributed by atoms with Gasteiger partial charge in [-0.1, -0.05) is 12.8 Å². The van der Waals surface area contributed by atoms with E-state index >= 15 is 0 Å². The Hall–Kier alpha value is -3.22. The van der Waals surface area contributed by atoms with Gasteiger partial charge in [0.05, 0.1) is 11.8 Å². The molecule has 1 aromatic carbocycles. The Kier molecular flexibility index (Phi) is 4.82. The number of oxazole rings is 1. The molecule has 1 aliphatic rings. The van der Waals surface area contributed by atoms with Crippen LogP contribution in [0.3, 0.4) is 0 Å². The van der Waals surface area contributed by atoms with Crippen molar-refractivity contribution in [1.29, 1.82) is 0 Å². The van der Waals surface area contributed by atoms with Crippen molar-refractivity contribution in [3.8, 4) is 28.3 Å². The van der Waals surface area contributed by atoms with Gasteiger partial charge in [0.15, 0.2) is 0 Å². The molecule has 0 atom stereocenters. The van der Waals surface area contributed by atoms with E-state index in [-0.39, 0.29) is 17.4 Å². The van der Waals surface area contributed by atoms with Gasteiger partial charge in [-0.3, -0.25) is 4.98 Å². The van der Waals surface area contributed by atoms with Gasteiger partial charge in [-0.15, -0.1) is 0 Å². The highest BCUT2D eigenvalue weighted by Crippen LogP contribution is 2.29. The summed E-state index contributed by atoms with van der Waals surface area (Å²) in [7, 11) is 0. The van der Waals surface area contributed by atoms with Crippen molar-refractivity contribution in [1.82, 2.24) is 15.3 Å². The summed E-state index contributed by atoms with van der Waals surface area (Å²) in [5.74, 6) is 0.224. The molecule has 1 saturated carbocycles. The van der Waals surface area contributed by atoms with Gasteiger partial charge in [0, 0.05) is 29.6 Å². The van der Waals surface area contributed by atoms with Crippen LogP contribution in [0.15, 0.2) is 53.5 Å².